The molecule has 7 heteroatoms. The van der Waals surface area contributed by atoms with Crippen LogP contribution in [0.2, 0.25) is 5.02 Å². The number of benzene rings is 1. The molecule has 0 fully saturated rings. The number of rotatable bonds is 1. The summed E-state index contributed by atoms with van der Waals surface area (Å²) in [6, 6.07) is 1.81. The smallest absolute Gasteiger partial charge is 0.218 e. The molecule has 4 nitrogen and oxygen atoms in total. The molecule has 2 N–H and O–H groups in total. The van der Waals surface area contributed by atoms with Gasteiger partial charge in [0.15, 0.2) is 5.82 Å². The number of nitrogen functional groups attached to an aromatic ring is 1. The van der Waals surface area contributed by atoms with E-state index in [0.29, 0.717) is 0 Å². The monoisotopic (exact) mass is 244 g/mol. The first-order valence-electron chi connectivity index (χ1n) is 4.30. The van der Waals surface area contributed by atoms with E-state index in [1.165, 1.54) is 4.68 Å². The van der Waals surface area contributed by atoms with Gasteiger partial charge in [0.1, 0.15) is 11.6 Å². The molecule has 0 amide bonds. The lowest BCUT2D eigenvalue weighted by Gasteiger charge is -2.00. The van der Waals surface area contributed by atoms with Crippen LogP contribution in [0.4, 0.5) is 14.7 Å². The lowest BCUT2D eigenvalue weighted by atomic mass is 10.2. The Morgan fingerprint density at radius 3 is 2.56 bits per heavy atom. The third-order valence-corrected chi connectivity index (χ3v) is 2.34. The molecule has 0 radical (unpaired) electrons. The summed E-state index contributed by atoms with van der Waals surface area (Å²) in [5.74, 6) is -1.29. The van der Waals surface area contributed by atoms with Crippen molar-refractivity contribution in [3.63, 3.8) is 0 Å². The van der Waals surface area contributed by atoms with Gasteiger partial charge in [0, 0.05) is 7.05 Å². The number of anilines is 1. The van der Waals surface area contributed by atoms with Gasteiger partial charge in [-0.3, -0.25) is 0 Å². The van der Waals surface area contributed by atoms with Crippen LogP contribution in [0.1, 0.15) is 0 Å². The van der Waals surface area contributed by atoms with Crippen LogP contribution in [-0.4, -0.2) is 14.8 Å². The van der Waals surface area contributed by atoms with Crippen LogP contribution in [0, 0.1) is 11.6 Å². The average molecular weight is 245 g/mol. The second kappa shape index (κ2) is 3.71. The van der Waals surface area contributed by atoms with E-state index in [9.17, 15) is 8.78 Å². The Hall–Kier alpha value is -1.69. The van der Waals surface area contributed by atoms with E-state index in [1.807, 2.05) is 0 Å². The van der Waals surface area contributed by atoms with Crippen LogP contribution >= 0.6 is 11.6 Å². The minimum Gasteiger partial charge on any atom is -0.368 e. The third-order valence-electron chi connectivity index (χ3n) is 2.05. The molecule has 1 heterocycles. The molecule has 1 aromatic carbocycles. The van der Waals surface area contributed by atoms with Crippen LogP contribution < -0.4 is 5.73 Å². The van der Waals surface area contributed by atoms with Crippen LogP contribution in [0.15, 0.2) is 12.1 Å². The quantitative estimate of drug-likeness (QED) is 0.781. The normalized spacial score (nSPS) is 10.8. The molecular weight excluding hydrogens is 238 g/mol. The standard InChI is InChI=1S/C9H7ClF2N4/c1-16-9(13)14-8(15-16)4-2-7(12)5(10)3-6(4)11/h2-3H,1H3,(H2,13,14,15). The maximum Gasteiger partial charge on any atom is 0.218 e. The van der Waals surface area contributed by atoms with Crippen LogP contribution in [-0.2, 0) is 7.05 Å². The van der Waals surface area contributed by atoms with Gasteiger partial charge in [-0.2, -0.15) is 4.98 Å². The van der Waals surface area contributed by atoms with Gasteiger partial charge in [-0.15, -0.1) is 5.10 Å². The summed E-state index contributed by atoms with van der Waals surface area (Å²) in [5, 5.41) is 3.56. The molecule has 0 atom stereocenters. The van der Waals surface area contributed by atoms with E-state index in [1.54, 1.807) is 7.05 Å². The van der Waals surface area contributed by atoms with Crippen molar-refractivity contribution in [3.8, 4) is 11.4 Å². The van der Waals surface area contributed by atoms with E-state index >= 15 is 0 Å². The van der Waals surface area contributed by atoms with E-state index < -0.39 is 11.6 Å². The third kappa shape index (κ3) is 1.71. The summed E-state index contributed by atoms with van der Waals surface area (Å²) >= 11 is 5.42. The molecule has 2 aromatic rings. The molecule has 84 valence electrons. The topological polar surface area (TPSA) is 56.7 Å². The Kier molecular flexibility index (Phi) is 2.51. The first-order chi connectivity index (χ1) is 7.49. The van der Waals surface area contributed by atoms with E-state index in [2.05, 4.69) is 10.1 Å². The van der Waals surface area contributed by atoms with Crippen molar-refractivity contribution < 1.29 is 8.78 Å². The molecule has 0 aliphatic carbocycles. The number of hydrogen-bond acceptors (Lipinski definition) is 3. The molecule has 16 heavy (non-hydrogen) atoms. The molecule has 0 saturated carbocycles. The first-order valence-corrected chi connectivity index (χ1v) is 4.68. The number of halogens is 3. The van der Waals surface area contributed by atoms with E-state index in [-0.39, 0.29) is 22.4 Å². The van der Waals surface area contributed by atoms with Gasteiger partial charge in [-0.25, -0.2) is 13.5 Å². The van der Waals surface area contributed by atoms with Crippen molar-refractivity contribution in [2.45, 2.75) is 0 Å². The highest BCUT2D eigenvalue weighted by atomic mass is 35.5. The van der Waals surface area contributed by atoms with Gasteiger partial charge >= 0.3 is 0 Å². The number of nitrogens with zero attached hydrogens (tertiary/aromatic N) is 3. The number of aryl methyl sites for hydroxylation is 1. The lowest BCUT2D eigenvalue weighted by molar-refractivity contribution is 0.602. The Morgan fingerprint density at radius 1 is 1.31 bits per heavy atom. The summed E-state index contributed by atoms with van der Waals surface area (Å²) in [6.45, 7) is 0. The van der Waals surface area contributed by atoms with Crippen molar-refractivity contribution in [2.75, 3.05) is 5.73 Å². The highest BCUT2D eigenvalue weighted by Crippen LogP contribution is 2.25. The van der Waals surface area contributed by atoms with Crippen LogP contribution in [0.5, 0.6) is 0 Å². The van der Waals surface area contributed by atoms with Crippen molar-refractivity contribution in [2.24, 2.45) is 7.05 Å². The predicted octanol–water partition coefficient (Wildman–Crippen LogP) is 2.00. The van der Waals surface area contributed by atoms with Crippen LogP contribution in [0.25, 0.3) is 11.4 Å². The maximum atomic E-state index is 13.5. The molecule has 0 aliphatic heterocycles. The Morgan fingerprint density at radius 2 is 2.00 bits per heavy atom. The van der Waals surface area contributed by atoms with Gasteiger partial charge in [0.05, 0.1) is 10.6 Å². The zero-order valence-corrected chi connectivity index (χ0v) is 8.96. The van der Waals surface area contributed by atoms with E-state index in [4.69, 9.17) is 17.3 Å². The second-order valence-corrected chi connectivity index (χ2v) is 3.57. The number of hydrogen-bond donors (Lipinski definition) is 1. The molecule has 2 rings (SSSR count). The van der Waals surface area contributed by atoms with Crippen molar-refractivity contribution >= 4 is 17.5 Å². The van der Waals surface area contributed by atoms with Gasteiger partial charge in [-0.05, 0) is 12.1 Å². The Labute approximate surface area is 94.7 Å². The lowest BCUT2D eigenvalue weighted by Crippen LogP contribution is -1.97. The minimum atomic E-state index is -0.732. The van der Waals surface area contributed by atoms with Crippen molar-refractivity contribution in [1.29, 1.82) is 0 Å². The molecule has 0 unspecified atom stereocenters. The molecule has 0 saturated heterocycles. The fourth-order valence-electron chi connectivity index (χ4n) is 1.20. The summed E-state index contributed by atoms with van der Waals surface area (Å²) in [6.07, 6.45) is 0. The summed E-state index contributed by atoms with van der Waals surface area (Å²) in [7, 11) is 1.55. The van der Waals surface area contributed by atoms with Gasteiger partial charge < -0.3 is 5.73 Å². The summed E-state index contributed by atoms with van der Waals surface area (Å²) in [5.41, 5.74) is 5.37. The van der Waals surface area contributed by atoms with Gasteiger partial charge in [0.25, 0.3) is 0 Å². The predicted molar refractivity (Wildman–Crippen MR) is 55.8 cm³/mol. The van der Waals surface area contributed by atoms with Crippen LogP contribution in [0.3, 0.4) is 0 Å². The summed E-state index contributed by atoms with van der Waals surface area (Å²) < 4.78 is 27.9. The second-order valence-electron chi connectivity index (χ2n) is 3.16. The molecule has 0 aliphatic rings. The molecule has 1 aromatic heterocycles. The van der Waals surface area contributed by atoms with Gasteiger partial charge in [0.2, 0.25) is 5.95 Å². The maximum absolute atomic E-state index is 13.5. The largest absolute Gasteiger partial charge is 0.368 e. The fourth-order valence-corrected chi connectivity index (χ4v) is 1.35. The number of aromatic nitrogens is 3. The average Bonchev–Trinajstić information content (AvgIpc) is 2.53. The van der Waals surface area contributed by atoms with Gasteiger partial charge in [-0.1, -0.05) is 11.6 Å². The van der Waals surface area contributed by atoms with E-state index in [0.717, 1.165) is 12.1 Å². The van der Waals surface area contributed by atoms with Crippen molar-refractivity contribution in [3.05, 3.63) is 28.8 Å². The zero-order valence-electron chi connectivity index (χ0n) is 8.21. The SMILES string of the molecule is Cn1nc(-c2cc(F)c(Cl)cc2F)nc1N. The molecular formula is C9H7ClF2N4. The van der Waals surface area contributed by atoms with Crippen molar-refractivity contribution in [1.82, 2.24) is 14.8 Å². The molecule has 0 bridgehead atoms. The highest BCUT2D eigenvalue weighted by molar-refractivity contribution is 6.30. The molecule has 0 spiro atoms. The first kappa shape index (κ1) is 10.8. The summed E-state index contributed by atoms with van der Waals surface area (Å²) in [4.78, 5) is 3.79. The fraction of sp³-hybridized carbons (Fsp3) is 0.111. The highest BCUT2D eigenvalue weighted by Gasteiger charge is 2.15. The zero-order chi connectivity index (χ0) is 11.9. The Bertz CT molecular complexity index is 533. The minimum absolute atomic E-state index is 0.0214. The Balaban J connectivity index is 2.60. The number of nitrogens with two attached hydrogens (primary N) is 1.